The van der Waals surface area contributed by atoms with E-state index in [9.17, 15) is 9.59 Å². The number of aromatic nitrogens is 1. The van der Waals surface area contributed by atoms with Crippen molar-refractivity contribution in [3.63, 3.8) is 0 Å². The Morgan fingerprint density at radius 2 is 1.90 bits per heavy atom. The van der Waals surface area contributed by atoms with Gasteiger partial charge in [0.15, 0.2) is 0 Å². The molecule has 5 nitrogen and oxygen atoms in total. The molecule has 0 unspecified atom stereocenters. The number of pyridine rings is 1. The summed E-state index contributed by atoms with van der Waals surface area (Å²) in [6, 6.07) is 10.2. The molecule has 0 saturated heterocycles. The minimum Gasteiger partial charge on any atom is -0.478 e. The molecule has 0 aliphatic heterocycles. The van der Waals surface area contributed by atoms with Crippen LogP contribution in [0.4, 0.5) is 5.82 Å². The number of carbonyl (C=O) groups excluding carboxylic acids is 1. The highest BCUT2D eigenvalue weighted by Crippen LogP contribution is 2.10. The van der Waals surface area contributed by atoms with Gasteiger partial charge < -0.3 is 10.4 Å². The largest absolute Gasteiger partial charge is 0.478 e. The number of nitrogens with zero attached hydrogens (tertiary/aromatic N) is 1. The number of rotatable bonds is 4. The molecule has 0 atom stereocenters. The van der Waals surface area contributed by atoms with Gasteiger partial charge in [0.2, 0.25) is 0 Å². The fourth-order valence-electron chi connectivity index (χ4n) is 1.71. The molecule has 2 aromatic rings. The quantitative estimate of drug-likeness (QED) is 0.845. The van der Waals surface area contributed by atoms with Crippen LogP contribution in [0.15, 0.2) is 48.7 Å². The van der Waals surface area contributed by atoms with Crippen LogP contribution in [0, 0.1) is 6.92 Å². The summed E-state index contributed by atoms with van der Waals surface area (Å²) in [5.74, 6) is -0.779. The van der Waals surface area contributed by atoms with Crippen LogP contribution in [0.1, 0.15) is 21.5 Å². The van der Waals surface area contributed by atoms with Gasteiger partial charge in [-0.25, -0.2) is 9.78 Å². The Labute approximate surface area is 122 Å². The smallest absolute Gasteiger partial charge is 0.328 e. The van der Waals surface area contributed by atoms with Crippen molar-refractivity contribution >= 4 is 23.8 Å². The minimum atomic E-state index is -1.01. The number of benzene rings is 1. The number of aliphatic carboxylic acids is 1. The summed E-state index contributed by atoms with van der Waals surface area (Å²) in [4.78, 5) is 26.5. The summed E-state index contributed by atoms with van der Waals surface area (Å²) in [6.07, 6.45) is 4.14. The van der Waals surface area contributed by atoms with E-state index >= 15 is 0 Å². The SMILES string of the molecule is Cc1ccnc(NC(=O)c2ccc(C=CC(=O)O)cc2)c1. The van der Waals surface area contributed by atoms with Crippen molar-refractivity contribution in [3.05, 3.63) is 65.4 Å². The lowest BCUT2D eigenvalue weighted by atomic mass is 10.1. The fourth-order valence-corrected chi connectivity index (χ4v) is 1.71. The van der Waals surface area contributed by atoms with Crippen molar-refractivity contribution < 1.29 is 14.7 Å². The van der Waals surface area contributed by atoms with E-state index in [2.05, 4.69) is 10.3 Å². The molecule has 1 aromatic heterocycles. The lowest BCUT2D eigenvalue weighted by Gasteiger charge is -2.05. The molecule has 0 aliphatic carbocycles. The van der Waals surface area contributed by atoms with E-state index in [0.717, 1.165) is 11.6 Å². The molecule has 0 saturated carbocycles. The van der Waals surface area contributed by atoms with Crippen molar-refractivity contribution in [2.24, 2.45) is 0 Å². The van der Waals surface area contributed by atoms with Gasteiger partial charge in [0.1, 0.15) is 5.82 Å². The van der Waals surface area contributed by atoms with Crippen LogP contribution in [-0.2, 0) is 4.79 Å². The summed E-state index contributed by atoms with van der Waals surface area (Å²) in [6.45, 7) is 1.92. The second kappa shape index (κ2) is 6.47. The molecule has 0 bridgehead atoms. The maximum absolute atomic E-state index is 12.0. The van der Waals surface area contributed by atoms with E-state index in [-0.39, 0.29) is 5.91 Å². The molecule has 0 aliphatic rings. The number of carboxylic acid groups (broad SMARTS) is 1. The first kappa shape index (κ1) is 14.5. The van der Waals surface area contributed by atoms with Crippen LogP contribution in [0.3, 0.4) is 0 Å². The van der Waals surface area contributed by atoms with Gasteiger partial charge >= 0.3 is 5.97 Å². The number of carbonyl (C=O) groups is 2. The number of anilines is 1. The lowest BCUT2D eigenvalue weighted by molar-refractivity contribution is -0.131. The predicted molar refractivity (Wildman–Crippen MR) is 80.0 cm³/mol. The molecule has 2 N–H and O–H groups in total. The van der Waals surface area contributed by atoms with E-state index in [4.69, 9.17) is 5.11 Å². The van der Waals surface area contributed by atoms with Crippen molar-refractivity contribution in [2.75, 3.05) is 5.32 Å². The summed E-state index contributed by atoms with van der Waals surface area (Å²) >= 11 is 0. The van der Waals surface area contributed by atoms with Crippen LogP contribution in [0.5, 0.6) is 0 Å². The Morgan fingerprint density at radius 3 is 2.52 bits per heavy atom. The van der Waals surface area contributed by atoms with Crippen LogP contribution >= 0.6 is 0 Å². The summed E-state index contributed by atoms with van der Waals surface area (Å²) in [5.41, 5.74) is 2.20. The monoisotopic (exact) mass is 282 g/mol. The molecule has 2 rings (SSSR count). The van der Waals surface area contributed by atoms with Gasteiger partial charge in [-0.15, -0.1) is 0 Å². The molecule has 1 heterocycles. The van der Waals surface area contributed by atoms with Crippen molar-refractivity contribution in [3.8, 4) is 0 Å². The number of hydrogen-bond acceptors (Lipinski definition) is 3. The molecule has 0 fully saturated rings. The summed E-state index contributed by atoms with van der Waals surface area (Å²) in [7, 11) is 0. The average Bonchev–Trinajstić information content (AvgIpc) is 2.45. The van der Waals surface area contributed by atoms with Crippen LogP contribution in [0.2, 0.25) is 0 Å². The zero-order chi connectivity index (χ0) is 15.2. The predicted octanol–water partition coefficient (Wildman–Crippen LogP) is 2.74. The third kappa shape index (κ3) is 4.28. The van der Waals surface area contributed by atoms with Crippen molar-refractivity contribution in [1.29, 1.82) is 0 Å². The molecule has 0 spiro atoms. The number of aryl methyl sites for hydroxylation is 1. The first-order chi connectivity index (χ1) is 10.0. The van der Waals surface area contributed by atoms with Gasteiger partial charge in [0, 0.05) is 17.8 Å². The van der Waals surface area contributed by atoms with E-state index in [1.807, 2.05) is 13.0 Å². The van der Waals surface area contributed by atoms with E-state index < -0.39 is 5.97 Å². The first-order valence-corrected chi connectivity index (χ1v) is 6.30. The summed E-state index contributed by atoms with van der Waals surface area (Å²) < 4.78 is 0. The first-order valence-electron chi connectivity index (χ1n) is 6.30. The van der Waals surface area contributed by atoms with Gasteiger partial charge in [-0.1, -0.05) is 12.1 Å². The maximum atomic E-state index is 12.0. The Hall–Kier alpha value is -2.95. The highest BCUT2D eigenvalue weighted by Gasteiger charge is 2.06. The number of carboxylic acids is 1. The molecule has 1 amide bonds. The molecule has 21 heavy (non-hydrogen) atoms. The number of hydrogen-bond donors (Lipinski definition) is 2. The normalized spacial score (nSPS) is 10.5. The van der Waals surface area contributed by atoms with E-state index in [1.54, 1.807) is 36.5 Å². The van der Waals surface area contributed by atoms with Gasteiger partial charge in [0.05, 0.1) is 0 Å². The van der Waals surface area contributed by atoms with Crippen molar-refractivity contribution in [1.82, 2.24) is 4.98 Å². The van der Waals surface area contributed by atoms with Gasteiger partial charge in [-0.05, 0) is 48.4 Å². The molecule has 106 valence electrons. The van der Waals surface area contributed by atoms with E-state index in [0.29, 0.717) is 16.9 Å². The highest BCUT2D eigenvalue weighted by atomic mass is 16.4. The van der Waals surface area contributed by atoms with Gasteiger partial charge in [0.25, 0.3) is 5.91 Å². The van der Waals surface area contributed by atoms with Gasteiger partial charge in [-0.2, -0.15) is 0 Å². The standard InChI is InChI=1S/C16H14N2O3/c1-11-8-9-17-14(10-11)18-16(21)13-5-2-12(3-6-13)4-7-15(19)20/h2-10H,1H3,(H,19,20)(H,17,18,21). The Bertz CT molecular complexity index is 691. The maximum Gasteiger partial charge on any atom is 0.328 e. The second-order valence-corrected chi connectivity index (χ2v) is 4.47. The Kier molecular flexibility index (Phi) is 4.46. The third-order valence-corrected chi connectivity index (χ3v) is 2.75. The average molecular weight is 282 g/mol. The second-order valence-electron chi connectivity index (χ2n) is 4.47. The van der Waals surface area contributed by atoms with Crippen LogP contribution in [0.25, 0.3) is 6.08 Å². The Balaban J connectivity index is 2.08. The molecular formula is C16H14N2O3. The molecule has 0 radical (unpaired) electrons. The van der Waals surface area contributed by atoms with Gasteiger partial charge in [-0.3, -0.25) is 4.79 Å². The van der Waals surface area contributed by atoms with Crippen LogP contribution in [-0.4, -0.2) is 22.0 Å². The van der Waals surface area contributed by atoms with E-state index in [1.165, 1.54) is 6.08 Å². The third-order valence-electron chi connectivity index (χ3n) is 2.75. The molecule has 1 aromatic carbocycles. The minimum absolute atomic E-state index is 0.262. The fraction of sp³-hybridized carbons (Fsp3) is 0.0625. The van der Waals surface area contributed by atoms with Crippen molar-refractivity contribution in [2.45, 2.75) is 6.92 Å². The zero-order valence-corrected chi connectivity index (χ0v) is 11.4. The zero-order valence-electron chi connectivity index (χ0n) is 11.4. The number of nitrogens with one attached hydrogen (secondary N) is 1. The number of amides is 1. The topological polar surface area (TPSA) is 79.3 Å². The molecular weight excluding hydrogens is 268 g/mol. The Morgan fingerprint density at radius 1 is 1.19 bits per heavy atom. The van der Waals surface area contributed by atoms with Crippen LogP contribution < -0.4 is 5.32 Å². The summed E-state index contributed by atoms with van der Waals surface area (Å²) in [5, 5.41) is 11.3. The highest BCUT2D eigenvalue weighted by molar-refractivity contribution is 6.03. The molecule has 5 heteroatoms. The lowest BCUT2D eigenvalue weighted by Crippen LogP contribution is -2.12.